The zero-order valence-electron chi connectivity index (χ0n) is 10.2. The van der Waals surface area contributed by atoms with E-state index in [2.05, 4.69) is 6.92 Å². The summed E-state index contributed by atoms with van der Waals surface area (Å²) < 4.78 is 0. The third-order valence-electron chi connectivity index (χ3n) is 2.72. The molecule has 0 aliphatic rings. The zero-order valence-corrected chi connectivity index (χ0v) is 11.1. The van der Waals surface area contributed by atoms with Gasteiger partial charge in [0, 0.05) is 0 Å². The summed E-state index contributed by atoms with van der Waals surface area (Å²) in [4.78, 5) is 0. The highest BCUT2D eigenvalue weighted by Gasteiger charge is 1.91. The molecule has 0 aliphatic heterocycles. The highest BCUT2D eigenvalue weighted by molar-refractivity contribution is 7.97. The average molecular weight is 232 g/mol. The maximum absolute atomic E-state index is 8.47. The molecule has 0 atom stereocenters. The van der Waals surface area contributed by atoms with Crippen molar-refractivity contribution >= 4 is 16.9 Å². The number of hydrogen-bond donors (Lipinski definition) is 2. The lowest BCUT2D eigenvalue weighted by atomic mass is 10.1. The second-order valence-corrected chi connectivity index (χ2v) is 5.25. The van der Waals surface area contributed by atoms with E-state index in [1.807, 2.05) is 0 Å². The molecule has 1 nitrogen and oxygen atoms in total. The maximum Gasteiger partial charge on any atom is 0.0560 e. The van der Waals surface area contributed by atoms with Crippen LogP contribution in [-0.4, -0.2) is 16.4 Å². The number of aliphatic hydroxyl groups is 1. The summed E-state index contributed by atoms with van der Waals surface area (Å²) >= 11 is 1.09. The Balaban J connectivity index is 2.86. The first-order valence-corrected chi connectivity index (χ1v) is 7.69. The van der Waals surface area contributed by atoms with Gasteiger partial charge in [0.05, 0.1) is 5.55 Å². The molecule has 0 amide bonds. The highest BCUT2D eigenvalue weighted by Crippen LogP contribution is 2.10. The number of unbranched alkanes of at least 4 members (excludes halogenated alkanes) is 9. The molecule has 0 saturated heterocycles. The van der Waals surface area contributed by atoms with Crippen LogP contribution in [0.2, 0.25) is 0 Å². The molecule has 0 unspecified atom stereocenters. The predicted molar refractivity (Wildman–Crippen MR) is 74.4 cm³/mol. The third-order valence-corrected chi connectivity index (χ3v) is 3.46. The highest BCUT2D eigenvalue weighted by atomic mass is 32.1. The van der Waals surface area contributed by atoms with Crippen LogP contribution in [0.25, 0.3) is 0 Å². The largest absolute Gasteiger partial charge is 0.363 e. The summed E-state index contributed by atoms with van der Waals surface area (Å²) in [6.07, 6.45) is 13.9. The van der Waals surface area contributed by atoms with Crippen molar-refractivity contribution in [3.63, 3.8) is 0 Å². The summed E-state index contributed by atoms with van der Waals surface area (Å²) in [5.74, 6) is 1.13. The molecule has 15 heavy (non-hydrogen) atoms. The van der Waals surface area contributed by atoms with Gasteiger partial charge >= 0.3 is 0 Å². The van der Waals surface area contributed by atoms with Crippen molar-refractivity contribution in [3.8, 4) is 0 Å². The zero-order chi connectivity index (χ0) is 11.2. The Labute approximate surface area is 99.2 Å². The normalized spacial score (nSPS) is 11.9. The van der Waals surface area contributed by atoms with Crippen LogP contribution < -0.4 is 0 Å². The lowest BCUT2D eigenvalue weighted by Crippen LogP contribution is -1.82. The molecule has 0 heterocycles. The maximum atomic E-state index is 8.47. The van der Waals surface area contributed by atoms with Crippen molar-refractivity contribution in [2.45, 2.75) is 71.1 Å². The van der Waals surface area contributed by atoms with E-state index in [-0.39, 0.29) is 0 Å². The van der Waals surface area contributed by atoms with Crippen molar-refractivity contribution in [1.82, 2.24) is 0 Å². The summed E-state index contributed by atoms with van der Waals surface area (Å²) in [7, 11) is 0. The molecule has 0 bridgehead atoms. The van der Waals surface area contributed by atoms with Crippen LogP contribution >= 0.6 is 11.4 Å². The molecule has 0 aliphatic carbocycles. The Morgan fingerprint density at radius 1 is 0.800 bits per heavy atom. The number of rotatable bonds is 11. The summed E-state index contributed by atoms with van der Waals surface area (Å²) in [6.45, 7) is 2.27. The van der Waals surface area contributed by atoms with Gasteiger partial charge in [-0.1, -0.05) is 64.7 Å². The molecule has 0 fully saturated rings. The van der Waals surface area contributed by atoms with Gasteiger partial charge in [-0.25, -0.2) is 0 Å². The van der Waals surface area contributed by atoms with E-state index in [4.69, 9.17) is 5.11 Å². The fraction of sp³-hybridized carbons (Fsp3) is 0.923. The van der Waals surface area contributed by atoms with Crippen LogP contribution in [0.1, 0.15) is 71.1 Å². The second-order valence-electron chi connectivity index (χ2n) is 4.20. The Morgan fingerprint density at radius 2 is 1.27 bits per heavy atom. The van der Waals surface area contributed by atoms with E-state index in [0.29, 0.717) is 0 Å². The smallest absolute Gasteiger partial charge is 0.0560 e. The van der Waals surface area contributed by atoms with Gasteiger partial charge in [0.2, 0.25) is 0 Å². The Morgan fingerprint density at radius 3 is 1.73 bits per heavy atom. The van der Waals surface area contributed by atoms with E-state index >= 15 is 0 Å². The van der Waals surface area contributed by atoms with Gasteiger partial charge in [-0.2, -0.15) is 11.4 Å². The Kier molecular flexibility index (Phi) is 14.4. The summed E-state index contributed by atoms with van der Waals surface area (Å²) in [5.41, 5.74) is 1.26. The standard InChI is InChI=1S/C13H28OS/c1-2-3-4-5-6-7-8-9-10-11-12-15-13-14/h13-15H,2-12H2,1H3. The first kappa shape index (κ1) is 15.2. The minimum Gasteiger partial charge on any atom is -0.363 e. The molecule has 0 radical (unpaired) electrons. The average Bonchev–Trinajstić information content (AvgIpc) is 2.26. The molecule has 0 rings (SSSR count). The topological polar surface area (TPSA) is 20.2 Å². The predicted octanol–water partition coefficient (Wildman–Crippen LogP) is 4.69. The van der Waals surface area contributed by atoms with Crippen molar-refractivity contribution in [2.75, 3.05) is 5.75 Å². The molecule has 0 aromatic carbocycles. The van der Waals surface area contributed by atoms with Gasteiger partial charge in [-0.05, 0) is 12.2 Å². The first-order chi connectivity index (χ1) is 7.41. The van der Waals surface area contributed by atoms with Gasteiger partial charge in [0.15, 0.2) is 0 Å². The molecule has 0 saturated carbocycles. The second kappa shape index (κ2) is 14.2. The Bertz CT molecular complexity index is 134. The van der Waals surface area contributed by atoms with Crippen molar-refractivity contribution in [3.05, 3.63) is 0 Å². The van der Waals surface area contributed by atoms with E-state index in [1.165, 1.54) is 69.8 Å². The van der Waals surface area contributed by atoms with Gasteiger partial charge in [-0.3, -0.25) is 0 Å². The molecule has 1 N–H and O–H groups in total. The SMILES string of the molecule is CCCCCCCCCCCC[SH]=CO. The molecule has 0 aromatic rings. The molecule has 92 valence electrons. The number of aliphatic hydroxyl groups excluding tert-OH is 1. The fourth-order valence-corrected chi connectivity index (χ4v) is 2.27. The monoisotopic (exact) mass is 232 g/mol. The van der Waals surface area contributed by atoms with Crippen LogP contribution in [-0.2, 0) is 0 Å². The fourth-order valence-electron chi connectivity index (χ4n) is 1.75. The number of hydrogen-bond acceptors (Lipinski definition) is 0. The Hall–Kier alpha value is 0.180. The van der Waals surface area contributed by atoms with E-state index in [0.717, 1.165) is 17.1 Å². The quantitative estimate of drug-likeness (QED) is 0.301. The molecule has 0 spiro atoms. The first-order valence-electron chi connectivity index (χ1n) is 6.54. The summed E-state index contributed by atoms with van der Waals surface area (Å²) in [5, 5.41) is 8.47. The van der Waals surface area contributed by atoms with E-state index in [9.17, 15) is 0 Å². The lowest BCUT2D eigenvalue weighted by molar-refractivity contribution is 0.563. The minimum absolute atomic E-state index is 1.09. The van der Waals surface area contributed by atoms with Crippen LogP contribution in [0.5, 0.6) is 0 Å². The van der Waals surface area contributed by atoms with Gasteiger partial charge in [0.1, 0.15) is 0 Å². The van der Waals surface area contributed by atoms with E-state index < -0.39 is 0 Å². The molecular formula is C13H28OS. The summed E-state index contributed by atoms with van der Waals surface area (Å²) in [6, 6.07) is 0. The van der Waals surface area contributed by atoms with Gasteiger partial charge < -0.3 is 5.11 Å². The molecular weight excluding hydrogens is 204 g/mol. The van der Waals surface area contributed by atoms with E-state index in [1.54, 1.807) is 0 Å². The van der Waals surface area contributed by atoms with Crippen molar-refractivity contribution in [2.24, 2.45) is 0 Å². The third kappa shape index (κ3) is 14.2. The molecule has 0 aromatic heterocycles. The minimum atomic E-state index is 1.09. The van der Waals surface area contributed by atoms with Crippen LogP contribution in [0.15, 0.2) is 0 Å². The van der Waals surface area contributed by atoms with Crippen LogP contribution in [0.4, 0.5) is 0 Å². The van der Waals surface area contributed by atoms with Gasteiger partial charge in [-0.15, -0.1) is 0 Å². The van der Waals surface area contributed by atoms with Gasteiger partial charge in [0.25, 0.3) is 0 Å². The van der Waals surface area contributed by atoms with Crippen LogP contribution in [0.3, 0.4) is 0 Å². The van der Waals surface area contributed by atoms with Crippen LogP contribution in [0, 0.1) is 0 Å². The number of thiol groups is 1. The lowest BCUT2D eigenvalue weighted by Gasteiger charge is -2.01. The molecule has 2 heteroatoms. The van der Waals surface area contributed by atoms with Crippen molar-refractivity contribution < 1.29 is 5.11 Å². The van der Waals surface area contributed by atoms with Crippen molar-refractivity contribution in [1.29, 1.82) is 0 Å².